The zero-order valence-corrected chi connectivity index (χ0v) is 13.3. The normalized spacial score (nSPS) is 36.0. The molecule has 0 aliphatic carbocycles. The number of hydrogen-bond acceptors (Lipinski definition) is 8. The molecule has 8 nitrogen and oxygen atoms in total. The van der Waals surface area contributed by atoms with Crippen LogP contribution < -0.4 is 0 Å². The summed E-state index contributed by atoms with van der Waals surface area (Å²) in [6.45, 7) is 6.91. The molecule has 0 aromatic carbocycles. The Hall–Kier alpha value is -0.320. The highest BCUT2D eigenvalue weighted by molar-refractivity contribution is 4.92. The van der Waals surface area contributed by atoms with Gasteiger partial charge in [-0.3, -0.25) is 0 Å². The van der Waals surface area contributed by atoms with Crippen molar-refractivity contribution in [2.24, 2.45) is 0 Å². The van der Waals surface area contributed by atoms with E-state index < -0.39 is 48.2 Å². The standard InChI is InChI=1S/C14H26O8/c1-13(2)19-5-7(21-13)9(15)11(17)12(18)10(16)8-6-20-14(3,4)22-8/h7-12,15-18H,5-6H2,1-4H3. The number of aliphatic hydroxyl groups is 4. The monoisotopic (exact) mass is 322 g/mol. The molecular formula is C14H26O8. The molecule has 0 bridgehead atoms. The van der Waals surface area contributed by atoms with Crippen LogP contribution in [-0.4, -0.2) is 81.8 Å². The van der Waals surface area contributed by atoms with Crippen LogP contribution in [0.15, 0.2) is 0 Å². The fraction of sp³-hybridized carbons (Fsp3) is 1.00. The van der Waals surface area contributed by atoms with Gasteiger partial charge < -0.3 is 39.4 Å². The van der Waals surface area contributed by atoms with Crippen LogP contribution in [0.1, 0.15) is 27.7 Å². The smallest absolute Gasteiger partial charge is 0.163 e. The van der Waals surface area contributed by atoms with E-state index in [2.05, 4.69) is 0 Å². The molecule has 8 heteroatoms. The topological polar surface area (TPSA) is 118 Å². The molecule has 6 atom stereocenters. The molecule has 2 heterocycles. The number of ether oxygens (including phenoxy) is 4. The first kappa shape index (κ1) is 18.0. The summed E-state index contributed by atoms with van der Waals surface area (Å²) < 4.78 is 21.5. The highest BCUT2D eigenvalue weighted by Crippen LogP contribution is 2.28. The van der Waals surface area contributed by atoms with Crippen LogP contribution in [0.25, 0.3) is 0 Å². The molecule has 22 heavy (non-hydrogen) atoms. The van der Waals surface area contributed by atoms with Gasteiger partial charge in [0.25, 0.3) is 0 Å². The van der Waals surface area contributed by atoms with E-state index in [0.29, 0.717) is 0 Å². The van der Waals surface area contributed by atoms with E-state index in [9.17, 15) is 20.4 Å². The van der Waals surface area contributed by atoms with Crippen LogP contribution in [0, 0.1) is 0 Å². The molecule has 0 amide bonds. The summed E-state index contributed by atoms with van der Waals surface area (Å²) in [6, 6.07) is 0. The van der Waals surface area contributed by atoms with Crippen LogP contribution >= 0.6 is 0 Å². The minimum Gasteiger partial charge on any atom is -0.387 e. The van der Waals surface area contributed by atoms with Gasteiger partial charge >= 0.3 is 0 Å². The van der Waals surface area contributed by atoms with E-state index in [1.54, 1.807) is 27.7 Å². The molecule has 0 radical (unpaired) electrons. The fourth-order valence-corrected chi connectivity index (χ4v) is 2.61. The van der Waals surface area contributed by atoms with Crippen LogP contribution in [0.3, 0.4) is 0 Å². The Kier molecular flexibility index (Phi) is 5.15. The summed E-state index contributed by atoms with van der Waals surface area (Å²) >= 11 is 0. The average molecular weight is 322 g/mol. The molecule has 2 aliphatic rings. The molecule has 0 saturated carbocycles. The Balaban J connectivity index is 1.92. The lowest BCUT2D eigenvalue weighted by molar-refractivity contribution is -0.191. The molecule has 6 unspecified atom stereocenters. The first-order chi connectivity index (χ1) is 10.0. The molecule has 2 rings (SSSR count). The first-order valence-corrected chi connectivity index (χ1v) is 7.38. The van der Waals surface area contributed by atoms with E-state index in [1.807, 2.05) is 0 Å². The Morgan fingerprint density at radius 1 is 0.727 bits per heavy atom. The van der Waals surface area contributed by atoms with E-state index in [0.717, 1.165) is 0 Å². The second-order valence-corrected chi connectivity index (χ2v) is 6.70. The Morgan fingerprint density at radius 2 is 1.05 bits per heavy atom. The second-order valence-electron chi connectivity index (χ2n) is 6.70. The Labute approximate surface area is 129 Å². The van der Waals surface area contributed by atoms with Gasteiger partial charge in [0.1, 0.15) is 36.6 Å². The third-order valence-electron chi connectivity index (χ3n) is 3.87. The average Bonchev–Trinajstić information content (AvgIpc) is 2.97. The van der Waals surface area contributed by atoms with Gasteiger partial charge in [-0.2, -0.15) is 0 Å². The van der Waals surface area contributed by atoms with Gasteiger partial charge in [-0.05, 0) is 27.7 Å². The minimum absolute atomic E-state index is 0.0874. The van der Waals surface area contributed by atoms with Gasteiger partial charge in [-0.1, -0.05) is 0 Å². The Morgan fingerprint density at radius 3 is 1.27 bits per heavy atom. The van der Waals surface area contributed by atoms with Crippen LogP contribution in [0.5, 0.6) is 0 Å². The zero-order chi connectivity index (χ0) is 16.7. The number of aliphatic hydroxyl groups excluding tert-OH is 4. The highest BCUT2D eigenvalue weighted by Gasteiger charge is 2.46. The largest absolute Gasteiger partial charge is 0.387 e. The summed E-state index contributed by atoms with van der Waals surface area (Å²) in [5, 5.41) is 40.4. The third-order valence-corrected chi connectivity index (χ3v) is 3.87. The van der Waals surface area contributed by atoms with Gasteiger partial charge in [-0.25, -0.2) is 0 Å². The summed E-state index contributed by atoms with van der Waals surface area (Å²) in [6.07, 6.45) is -7.59. The predicted octanol–water partition coefficient (Wildman–Crippen LogP) is -1.27. The maximum absolute atomic E-state index is 10.1. The van der Waals surface area contributed by atoms with Gasteiger partial charge in [0.05, 0.1) is 13.2 Å². The van der Waals surface area contributed by atoms with E-state index in [-0.39, 0.29) is 13.2 Å². The van der Waals surface area contributed by atoms with Gasteiger partial charge in [0.15, 0.2) is 11.6 Å². The molecule has 0 aromatic heterocycles. The fourth-order valence-electron chi connectivity index (χ4n) is 2.61. The lowest BCUT2D eigenvalue weighted by atomic mass is 9.97. The summed E-state index contributed by atoms with van der Waals surface area (Å²) in [4.78, 5) is 0. The maximum atomic E-state index is 10.1. The van der Waals surface area contributed by atoms with Crippen molar-refractivity contribution in [1.82, 2.24) is 0 Å². The highest BCUT2D eigenvalue weighted by atomic mass is 16.8. The first-order valence-electron chi connectivity index (χ1n) is 7.38. The van der Waals surface area contributed by atoms with Crippen molar-refractivity contribution in [3.63, 3.8) is 0 Å². The zero-order valence-electron chi connectivity index (χ0n) is 13.3. The molecule has 2 fully saturated rings. The molecule has 0 spiro atoms. The summed E-state index contributed by atoms with van der Waals surface area (Å²) in [7, 11) is 0. The second kappa shape index (κ2) is 6.29. The summed E-state index contributed by atoms with van der Waals surface area (Å²) in [5.74, 6) is -1.72. The SMILES string of the molecule is CC1(C)OCC(C(O)C(O)C(O)C(O)C2COC(C)(C)O2)O1. The number of rotatable bonds is 5. The summed E-state index contributed by atoms with van der Waals surface area (Å²) in [5.41, 5.74) is 0. The van der Waals surface area contributed by atoms with E-state index >= 15 is 0 Å². The molecule has 2 saturated heterocycles. The molecule has 2 aliphatic heterocycles. The van der Waals surface area contributed by atoms with Crippen molar-refractivity contribution in [2.75, 3.05) is 13.2 Å². The number of hydrogen-bond donors (Lipinski definition) is 4. The molecule has 4 N–H and O–H groups in total. The quantitative estimate of drug-likeness (QED) is 0.495. The lowest BCUT2D eigenvalue weighted by Gasteiger charge is -2.31. The molecule has 0 aromatic rings. The van der Waals surface area contributed by atoms with E-state index in [4.69, 9.17) is 18.9 Å². The van der Waals surface area contributed by atoms with Crippen LogP contribution in [0.4, 0.5) is 0 Å². The van der Waals surface area contributed by atoms with Crippen molar-refractivity contribution < 1.29 is 39.4 Å². The maximum Gasteiger partial charge on any atom is 0.163 e. The Bertz CT molecular complexity index is 349. The van der Waals surface area contributed by atoms with E-state index in [1.165, 1.54) is 0 Å². The lowest BCUT2D eigenvalue weighted by Crippen LogP contribution is -2.53. The van der Waals surface area contributed by atoms with Crippen molar-refractivity contribution in [3.8, 4) is 0 Å². The van der Waals surface area contributed by atoms with Gasteiger partial charge in [0, 0.05) is 0 Å². The van der Waals surface area contributed by atoms with Crippen molar-refractivity contribution in [3.05, 3.63) is 0 Å². The molecular weight excluding hydrogens is 296 g/mol. The van der Waals surface area contributed by atoms with Gasteiger partial charge in [0.2, 0.25) is 0 Å². The van der Waals surface area contributed by atoms with Crippen molar-refractivity contribution >= 4 is 0 Å². The third kappa shape index (κ3) is 3.95. The van der Waals surface area contributed by atoms with Gasteiger partial charge in [-0.15, -0.1) is 0 Å². The molecule has 130 valence electrons. The minimum atomic E-state index is -1.61. The van der Waals surface area contributed by atoms with Crippen LogP contribution in [0.2, 0.25) is 0 Å². The van der Waals surface area contributed by atoms with Crippen molar-refractivity contribution in [1.29, 1.82) is 0 Å². The van der Waals surface area contributed by atoms with Crippen LogP contribution in [-0.2, 0) is 18.9 Å². The van der Waals surface area contributed by atoms with Crippen molar-refractivity contribution in [2.45, 2.75) is 75.9 Å². The predicted molar refractivity (Wildman–Crippen MR) is 73.8 cm³/mol.